The molecule has 0 atom stereocenters. The predicted octanol–water partition coefficient (Wildman–Crippen LogP) is 4.73. The highest BCUT2D eigenvalue weighted by Gasteiger charge is 2.11. The fraction of sp³-hybridized carbons (Fsp3) is 0.118. The van der Waals surface area contributed by atoms with Gasteiger partial charge >= 0.3 is 0 Å². The number of carbonyl (C=O) groups is 1. The molecule has 0 radical (unpaired) electrons. The molecule has 7 heteroatoms. The Hall–Kier alpha value is -1.89. The smallest absolute Gasteiger partial charge is 0.236 e. The summed E-state index contributed by atoms with van der Waals surface area (Å²) < 4.78 is 0. The van der Waals surface area contributed by atoms with E-state index in [1.165, 1.54) is 16.9 Å². The molecule has 122 valence electrons. The van der Waals surface area contributed by atoms with E-state index in [1.807, 2.05) is 48.5 Å². The lowest BCUT2D eigenvalue weighted by Gasteiger charge is -2.02. The number of nitrogens with zero attached hydrogens (tertiary/aromatic N) is 2. The van der Waals surface area contributed by atoms with E-state index in [0.717, 1.165) is 11.3 Å². The highest BCUT2D eigenvalue weighted by atomic mass is 35.5. The standard InChI is InChI=1S/C17H14ClN3OS2/c18-14-9-5-4-8-13(14)16-20-21-17(24-16)19-15(22)11-23-10-12-6-2-1-3-7-12/h1-9H,10-11H2,(H,19,21,22). The Morgan fingerprint density at radius 3 is 2.62 bits per heavy atom. The van der Waals surface area contributed by atoms with Crippen molar-refractivity contribution >= 4 is 45.7 Å². The van der Waals surface area contributed by atoms with Crippen LogP contribution in [0.2, 0.25) is 5.02 Å². The Balaban J connectivity index is 1.53. The molecule has 3 aromatic rings. The van der Waals surface area contributed by atoms with Crippen LogP contribution in [0.3, 0.4) is 0 Å². The molecule has 0 saturated carbocycles. The van der Waals surface area contributed by atoms with E-state index in [2.05, 4.69) is 15.5 Å². The minimum absolute atomic E-state index is 0.0854. The van der Waals surface area contributed by atoms with Crippen molar-refractivity contribution in [3.8, 4) is 10.6 Å². The van der Waals surface area contributed by atoms with Crippen LogP contribution >= 0.6 is 34.7 Å². The van der Waals surface area contributed by atoms with Crippen molar-refractivity contribution in [2.45, 2.75) is 5.75 Å². The van der Waals surface area contributed by atoms with Crippen molar-refractivity contribution in [3.05, 3.63) is 65.2 Å². The monoisotopic (exact) mass is 375 g/mol. The molecule has 4 nitrogen and oxygen atoms in total. The van der Waals surface area contributed by atoms with Crippen LogP contribution in [0.5, 0.6) is 0 Å². The molecule has 3 rings (SSSR count). The SMILES string of the molecule is O=C(CSCc1ccccc1)Nc1nnc(-c2ccccc2Cl)s1. The third-order valence-electron chi connectivity index (χ3n) is 3.12. The second kappa shape index (κ2) is 8.28. The van der Waals surface area contributed by atoms with E-state index in [4.69, 9.17) is 11.6 Å². The van der Waals surface area contributed by atoms with Crippen molar-refractivity contribution < 1.29 is 4.79 Å². The summed E-state index contributed by atoms with van der Waals surface area (Å²) in [4.78, 5) is 12.0. The number of hydrogen-bond donors (Lipinski definition) is 1. The zero-order chi connectivity index (χ0) is 16.8. The van der Waals surface area contributed by atoms with Crippen molar-refractivity contribution in [1.82, 2.24) is 10.2 Å². The molecule has 1 heterocycles. The van der Waals surface area contributed by atoms with E-state index < -0.39 is 0 Å². The maximum absolute atomic E-state index is 12.0. The van der Waals surface area contributed by atoms with Crippen LogP contribution in [0, 0.1) is 0 Å². The Bertz CT molecular complexity index is 823. The molecule has 1 amide bonds. The summed E-state index contributed by atoms with van der Waals surface area (Å²) in [6.07, 6.45) is 0. The van der Waals surface area contributed by atoms with Gasteiger partial charge in [0.05, 0.1) is 10.8 Å². The molecular weight excluding hydrogens is 362 g/mol. The van der Waals surface area contributed by atoms with Gasteiger partial charge in [-0.15, -0.1) is 22.0 Å². The summed E-state index contributed by atoms with van der Waals surface area (Å²) >= 11 is 9.02. The molecule has 0 saturated heterocycles. The van der Waals surface area contributed by atoms with E-state index in [9.17, 15) is 4.79 Å². The van der Waals surface area contributed by atoms with Gasteiger partial charge in [0, 0.05) is 11.3 Å². The molecule has 24 heavy (non-hydrogen) atoms. The number of aromatic nitrogens is 2. The molecule has 0 aliphatic carbocycles. The van der Waals surface area contributed by atoms with Crippen LogP contribution in [0.4, 0.5) is 5.13 Å². The van der Waals surface area contributed by atoms with Crippen LogP contribution in [0.1, 0.15) is 5.56 Å². The average Bonchev–Trinajstić information content (AvgIpc) is 3.04. The quantitative estimate of drug-likeness (QED) is 0.676. The number of rotatable bonds is 6. The Kier molecular flexibility index (Phi) is 5.85. The molecule has 0 aliphatic rings. The first-order valence-corrected chi connectivity index (χ1v) is 9.57. The van der Waals surface area contributed by atoms with Gasteiger partial charge < -0.3 is 0 Å². The fourth-order valence-corrected chi connectivity index (χ4v) is 3.88. The van der Waals surface area contributed by atoms with Gasteiger partial charge in [0.25, 0.3) is 0 Å². The number of thioether (sulfide) groups is 1. The molecular formula is C17H14ClN3OS2. The highest BCUT2D eigenvalue weighted by molar-refractivity contribution is 7.99. The lowest BCUT2D eigenvalue weighted by atomic mass is 10.2. The van der Waals surface area contributed by atoms with Crippen molar-refractivity contribution in [2.24, 2.45) is 0 Å². The van der Waals surface area contributed by atoms with Gasteiger partial charge in [-0.1, -0.05) is 71.5 Å². The topological polar surface area (TPSA) is 54.9 Å². The van der Waals surface area contributed by atoms with Gasteiger partial charge in [-0.05, 0) is 11.6 Å². The van der Waals surface area contributed by atoms with Gasteiger partial charge in [0.2, 0.25) is 11.0 Å². The fourth-order valence-electron chi connectivity index (χ4n) is 2.01. The normalized spacial score (nSPS) is 10.5. The van der Waals surface area contributed by atoms with Gasteiger partial charge in [-0.25, -0.2) is 0 Å². The van der Waals surface area contributed by atoms with Crippen LogP contribution in [0.25, 0.3) is 10.6 Å². The second-order valence-corrected chi connectivity index (χ2v) is 7.29. The number of anilines is 1. The minimum atomic E-state index is -0.0854. The zero-order valence-corrected chi connectivity index (χ0v) is 15.0. The summed E-state index contributed by atoms with van der Waals surface area (Å²) in [5, 5.41) is 12.7. The van der Waals surface area contributed by atoms with Gasteiger partial charge in [-0.2, -0.15) is 0 Å². The number of carbonyl (C=O) groups excluding carboxylic acids is 1. The van der Waals surface area contributed by atoms with Gasteiger partial charge in [0.1, 0.15) is 0 Å². The Morgan fingerprint density at radius 2 is 1.83 bits per heavy atom. The second-order valence-electron chi connectivity index (χ2n) is 4.92. The van der Waals surface area contributed by atoms with Gasteiger partial charge in [0.15, 0.2) is 5.01 Å². The van der Waals surface area contributed by atoms with Crippen LogP contribution in [0.15, 0.2) is 54.6 Å². The Labute approximate surface area is 153 Å². The third-order valence-corrected chi connectivity index (χ3v) is 5.33. The molecule has 0 unspecified atom stereocenters. The third kappa shape index (κ3) is 4.56. The van der Waals surface area contributed by atoms with Crippen LogP contribution in [-0.2, 0) is 10.5 Å². The maximum Gasteiger partial charge on any atom is 0.236 e. The summed E-state index contributed by atoms with van der Waals surface area (Å²) in [6, 6.07) is 17.5. The molecule has 0 spiro atoms. The molecule has 0 fully saturated rings. The molecule has 2 aromatic carbocycles. The lowest BCUT2D eigenvalue weighted by molar-refractivity contribution is -0.113. The number of hydrogen-bond acceptors (Lipinski definition) is 5. The first-order chi connectivity index (χ1) is 11.7. The largest absolute Gasteiger partial charge is 0.300 e. The lowest BCUT2D eigenvalue weighted by Crippen LogP contribution is -2.13. The highest BCUT2D eigenvalue weighted by Crippen LogP contribution is 2.31. The molecule has 1 N–H and O–H groups in total. The van der Waals surface area contributed by atoms with Crippen molar-refractivity contribution in [3.63, 3.8) is 0 Å². The number of halogens is 1. The first-order valence-electron chi connectivity index (χ1n) is 7.22. The van der Waals surface area contributed by atoms with Crippen molar-refractivity contribution in [2.75, 3.05) is 11.1 Å². The summed E-state index contributed by atoms with van der Waals surface area (Å²) in [5.41, 5.74) is 2.02. The summed E-state index contributed by atoms with van der Waals surface area (Å²) in [6.45, 7) is 0. The summed E-state index contributed by atoms with van der Waals surface area (Å²) in [5.74, 6) is 1.09. The van der Waals surface area contributed by atoms with Crippen LogP contribution in [-0.4, -0.2) is 21.9 Å². The molecule has 1 aromatic heterocycles. The van der Waals surface area contributed by atoms with Crippen molar-refractivity contribution in [1.29, 1.82) is 0 Å². The first kappa shape index (κ1) is 17.0. The molecule has 0 bridgehead atoms. The van der Waals surface area contributed by atoms with E-state index in [0.29, 0.717) is 20.9 Å². The van der Waals surface area contributed by atoms with E-state index in [1.54, 1.807) is 17.8 Å². The minimum Gasteiger partial charge on any atom is -0.300 e. The number of benzene rings is 2. The Morgan fingerprint density at radius 1 is 1.08 bits per heavy atom. The average molecular weight is 376 g/mol. The van der Waals surface area contributed by atoms with Crippen LogP contribution < -0.4 is 5.32 Å². The number of nitrogens with one attached hydrogen (secondary N) is 1. The summed E-state index contributed by atoms with van der Waals surface area (Å²) in [7, 11) is 0. The zero-order valence-electron chi connectivity index (χ0n) is 12.6. The molecule has 0 aliphatic heterocycles. The van der Waals surface area contributed by atoms with Gasteiger partial charge in [-0.3, -0.25) is 10.1 Å². The van der Waals surface area contributed by atoms with E-state index in [-0.39, 0.29) is 5.91 Å². The maximum atomic E-state index is 12.0. The number of amides is 1. The van der Waals surface area contributed by atoms with E-state index >= 15 is 0 Å². The predicted molar refractivity (Wildman–Crippen MR) is 102 cm³/mol.